The molecule has 3 rings (SSSR count). The van der Waals surface area contributed by atoms with Gasteiger partial charge in [0, 0.05) is 19.5 Å². The predicted molar refractivity (Wildman–Crippen MR) is 116 cm³/mol. The molecule has 0 aliphatic heterocycles. The van der Waals surface area contributed by atoms with Gasteiger partial charge < -0.3 is 5.32 Å². The van der Waals surface area contributed by atoms with Crippen LogP contribution in [0.1, 0.15) is 23.5 Å². The third-order valence-corrected chi connectivity index (χ3v) is 7.86. The minimum Gasteiger partial charge on any atom is -0.355 e. The normalized spacial score (nSPS) is 11.7. The molecule has 3 aromatic rings. The molecule has 0 aliphatic rings. The van der Waals surface area contributed by atoms with Gasteiger partial charge in [-0.15, -0.1) is 11.3 Å². The molecule has 0 fully saturated rings. The lowest BCUT2D eigenvalue weighted by Crippen LogP contribution is -2.38. The van der Waals surface area contributed by atoms with E-state index in [0.29, 0.717) is 6.54 Å². The van der Waals surface area contributed by atoms with Gasteiger partial charge in [-0.2, -0.15) is 4.31 Å². The van der Waals surface area contributed by atoms with Crippen LogP contribution in [0.5, 0.6) is 0 Å². The lowest BCUT2D eigenvalue weighted by atomic mass is 9.88. The molecule has 0 saturated carbocycles. The van der Waals surface area contributed by atoms with Crippen molar-refractivity contribution in [3.63, 3.8) is 0 Å². The Balaban J connectivity index is 1.59. The highest BCUT2D eigenvalue weighted by Gasteiger charge is 2.24. The van der Waals surface area contributed by atoms with Gasteiger partial charge in [0.15, 0.2) is 0 Å². The summed E-state index contributed by atoms with van der Waals surface area (Å²) in [6.45, 7) is 0.252. The van der Waals surface area contributed by atoms with E-state index in [-0.39, 0.29) is 22.6 Å². The molecular formula is C22H24N2O3S2. The van der Waals surface area contributed by atoms with E-state index in [9.17, 15) is 13.2 Å². The number of nitrogens with one attached hydrogen (secondary N) is 1. The lowest BCUT2D eigenvalue weighted by molar-refractivity contribution is -0.121. The first-order chi connectivity index (χ1) is 14.0. The van der Waals surface area contributed by atoms with Crippen molar-refractivity contribution >= 4 is 27.3 Å². The minimum atomic E-state index is -3.63. The van der Waals surface area contributed by atoms with Crippen molar-refractivity contribution in [2.75, 3.05) is 20.1 Å². The van der Waals surface area contributed by atoms with Crippen molar-refractivity contribution in [2.24, 2.45) is 0 Å². The predicted octanol–water partition coefficient (Wildman–Crippen LogP) is 3.71. The fraction of sp³-hybridized carbons (Fsp3) is 0.227. The van der Waals surface area contributed by atoms with Gasteiger partial charge in [-0.1, -0.05) is 66.7 Å². The molecule has 1 N–H and O–H groups in total. The number of sulfonamides is 1. The number of rotatable bonds is 9. The Labute approximate surface area is 176 Å². The third kappa shape index (κ3) is 5.53. The molecule has 0 atom stereocenters. The summed E-state index contributed by atoms with van der Waals surface area (Å²) >= 11 is 1.14. The Hall–Kier alpha value is -2.48. The zero-order valence-electron chi connectivity index (χ0n) is 16.2. The van der Waals surface area contributed by atoms with Crippen molar-refractivity contribution in [1.29, 1.82) is 0 Å². The largest absolute Gasteiger partial charge is 0.355 e. The molecule has 1 heterocycles. The first kappa shape index (κ1) is 21.2. The molecule has 1 amide bonds. The van der Waals surface area contributed by atoms with Crippen molar-refractivity contribution in [3.8, 4) is 0 Å². The Bertz CT molecular complexity index is 965. The SMILES string of the molecule is CN(CC(=O)NCCC(c1ccccc1)c1ccccc1)S(=O)(=O)c1cccs1. The van der Waals surface area contributed by atoms with E-state index in [1.165, 1.54) is 18.2 Å². The zero-order valence-corrected chi connectivity index (χ0v) is 17.8. The number of hydrogen-bond donors (Lipinski definition) is 1. The van der Waals surface area contributed by atoms with E-state index in [1.807, 2.05) is 36.4 Å². The molecule has 0 unspecified atom stereocenters. The molecule has 0 spiro atoms. The molecule has 0 aliphatic carbocycles. The Morgan fingerprint density at radius 2 is 1.55 bits per heavy atom. The molecule has 29 heavy (non-hydrogen) atoms. The van der Waals surface area contributed by atoms with Crippen LogP contribution in [0, 0.1) is 0 Å². The average Bonchev–Trinajstić information content (AvgIpc) is 3.28. The second-order valence-electron chi connectivity index (χ2n) is 6.71. The van der Waals surface area contributed by atoms with Crippen LogP contribution in [0.15, 0.2) is 82.4 Å². The average molecular weight is 429 g/mol. The number of hydrogen-bond acceptors (Lipinski definition) is 4. The lowest BCUT2D eigenvalue weighted by Gasteiger charge is -2.19. The summed E-state index contributed by atoms with van der Waals surface area (Å²) < 4.78 is 26.2. The summed E-state index contributed by atoms with van der Waals surface area (Å²) in [7, 11) is -2.21. The minimum absolute atomic E-state index is 0.158. The van der Waals surface area contributed by atoms with Crippen LogP contribution < -0.4 is 5.32 Å². The number of thiophene rings is 1. The summed E-state index contributed by atoms with van der Waals surface area (Å²) in [6, 6.07) is 23.6. The van der Waals surface area contributed by atoms with Crippen LogP contribution >= 0.6 is 11.3 Å². The fourth-order valence-electron chi connectivity index (χ4n) is 3.16. The second kappa shape index (κ2) is 9.82. The standard InChI is InChI=1S/C22H24N2O3S2/c1-24(29(26,27)22-13-8-16-28-22)17-21(25)23-15-14-20(18-9-4-2-5-10-18)19-11-6-3-7-12-19/h2-13,16,20H,14-15,17H2,1H3,(H,23,25). The number of likely N-dealkylation sites (N-methyl/N-ethyl adjacent to an activating group) is 1. The van der Waals surface area contributed by atoms with Crippen molar-refractivity contribution in [1.82, 2.24) is 9.62 Å². The maximum atomic E-state index is 12.4. The molecule has 5 nitrogen and oxygen atoms in total. The smallest absolute Gasteiger partial charge is 0.252 e. The fourth-order valence-corrected chi connectivity index (χ4v) is 5.49. The quantitative estimate of drug-likeness (QED) is 0.565. The number of carbonyl (C=O) groups excluding carboxylic acids is 1. The van der Waals surface area contributed by atoms with Gasteiger partial charge in [-0.3, -0.25) is 4.79 Å². The molecular weight excluding hydrogens is 404 g/mol. The van der Waals surface area contributed by atoms with Gasteiger partial charge in [0.05, 0.1) is 6.54 Å². The van der Waals surface area contributed by atoms with Gasteiger partial charge in [0.2, 0.25) is 5.91 Å². The molecule has 152 valence electrons. The third-order valence-electron chi connectivity index (χ3n) is 4.68. The number of nitrogens with zero attached hydrogens (tertiary/aromatic N) is 1. The monoisotopic (exact) mass is 428 g/mol. The Kier molecular flexibility index (Phi) is 7.19. The van der Waals surface area contributed by atoms with Crippen LogP contribution in [0.4, 0.5) is 0 Å². The summed E-state index contributed by atoms with van der Waals surface area (Å²) in [5, 5.41) is 4.56. The van der Waals surface area contributed by atoms with Gasteiger partial charge in [0.25, 0.3) is 10.0 Å². The van der Waals surface area contributed by atoms with Crippen LogP contribution in [0.3, 0.4) is 0 Å². The van der Waals surface area contributed by atoms with Gasteiger partial charge >= 0.3 is 0 Å². The number of carbonyl (C=O) groups is 1. The molecule has 7 heteroatoms. The molecule has 2 aromatic carbocycles. The second-order valence-corrected chi connectivity index (χ2v) is 9.93. The van der Waals surface area contributed by atoms with Gasteiger partial charge in [-0.25, -0.2) is 8.42 Å². The van der Waals surface area contributed by atoms with E-state index < -0.39 is 10.0 Å². The molecule has 1 aromatic heterocycles. The first-order valence-electron chi connectivity index (χ1n) is 9.35. The number of amides is 1. The maximum Gasteiger partial charge on any atom is 0.252 e. The summed E-state index contributed by atoms with van der Waals surface area (Å²) in [4.78, 5) is 12.3. The van der Waals surface area contributed by atoms with E-state index in [0.717, 1.165) is 22.1 Å². The van der Waals surface area contributed by atoms with E-state index >= 15 is 0 Å². The van der Waals surface area contributed by atoms with Crippen molar-refractivity contribution in [3.05, 3.63) is 89.3 Å². The van der Waals surface area contributed by atoms with Crippen molar-refractivity contribution < 1.29 is 13.2 Å². The zero-order chi connectivity index (χ0) is 20.7. The molecule has 0 saturated heterocycles. The van der Waals surface area contributed by atoms with Gasteiger partial charge in [0.1, 0.15) is 4.21 Å². The molecule has 0 bridgehead atoms. The maximum absolute atomic E-state index is 12.4. The summed E-state index contributed by atoms with van der Waals surface area (Å²) in [5.41, 5.74) is 2.37. The van der Waals surface area contributed by atoms with E-state index in [4.69, 9.17) is 0 Å². The van der Waals surface area contributed by atoms with E-state index in [1.54, 1.807) is 17.5 Å². The summed E-state index contributed by atoms with van der Waals surface area (Å²) in [5.74, 6) is -0.155. The van der Waals surface area contributed by atoms with Crippen LogP contribution in [-0.4, -0.2) is 38.8 Å². The Morgan fingerprint density at radius 3 is 2.07 bits per heavy atom. The van der Waals surface area contributed by atoms with Crippen LogP contribution in [0.25, 0.3) is 0 Å². The highest BCUT2D eigenvalue weighted by Crippen LogP contribution is 2.27. The Morgan fingerprint density at radius 1 is 0.966 bits per heavy atom. The number of benzene rings is 2. The first-order valence-corrected chi connectivity index (χ1v) is 11.7. The highest BCUT2D eigenvalue weighted by molar-refractivity contribution is 7.91. The summed E-state index contributed by atoms with van der Waals surface area (Å²) in [6.07, 6.45) is 0.723. The van der Waals surface area contributed by atoms with Gasteiger partial charge in [-0.05, 0) is 29.0 Å². The van der Waals surface area contributed by atoms with Crippen LogP contribution in [-0.2, 0) is 14.8 Å². The molecule has 0 radical (unpaired) electrons. The highest BCUT2D eigenvalue weighted by atomic mass is 32.2. The van der Waals surface area contributed by atoms with Crippen molar-refractivity contribution in [2.45, 2.75) is 16.5 Å². The van der Waals surface area contributed by atoms with Crippen LogP contribution in [0.2, 0.25) is 0 Å². The topological polar surface area (TPSA) is 66.5 Å². The van der Waals surface area contributed by atoms with E-state index in [2.05, 4.69) is 29.6 Å².